The van der Waals surface area contributed by atoms with Crippen molar-refractivity contribution >= 4 is 10.8 Å². The summed E-state index contributed by atoms with van der Waals surface area (Å²) in [6, 6.07) is 8.51. The maximum absolute atomic E-state index is 9.72. The monoisotopic (exact) mass is 270 g/mol. The van der Waals surface area contributed by atoms with Crippen LogP contribution in [0.25, 0.3) is 10.8 Å². The molecule has 0 unspecified atom stereocenters. The van der Waals surface area contributed by atoms with Crippen molar-refractivity contribution in [2.45, 2.75) is 44.2 Å². The van der Waals surface area contributed by atoms with E-state index in [9.17, 15) is 5.11 Å². The number of hydrogen-bond acceptors (Lipinski definition) is 3. The van der Waals surface area contributed by atoms with Gasteiger partial charge in [-0.15, -0.1) is 0 Å². The summed E-state index contributed by atoms with van der Waals surface area (Å²) < 4.78 is 0. The Morgan fingerprint density at radius 2 is 1.95 bits per heavy atom. The van der Waals surface area contributed by atoms with Crippen LogP contribution in [0, 0.1) is 0 Å². The lowest BCUT2D eigenvalue weighted by Gasteiger charge is -2.36. The van der Waals surface area contributed by atoms with Crippen LogP contribution in [0.15, 0.2) is 36.7 Å². The molecule has 1 aromatic heterocycles. The summed E-state index contributed by atoms with van der Waals surface area (Å²) in [5.74, 6) is 0. The minimum absolute atomic E-state index is 0.0640. The van der Waals surface area contributed by atoms with Crippen LogP contribution in [0.4, 0.5) is 0 Å². The van der Waals surface area contributed by atoms with Gasteiger partial charge in [0.05, 0.1) is 6.61 Å². The predicted molar refractivity (Wildman–Crippen MR) is 81.5 cm³/mol. The molecule has 2 aromatic rings. The van der Waals surface area contributed by atoms with E-state index in [1.54, 1.807) is 0 Å². The van der Waals surface area contributed by atoms with Crippen LogP contribution in [0.3, 0.4) is 0 Å². The molecule has 1 saturated carbocycles. The summed E-state index contributed by atoms with van der Waals surface area (Å²) in [4.78, 5) is 4.14. The highest BCUT2D eigenvalue weighted by molar-refractivity contribution is 5.81. The fraction of sp³-hybridized carbons (Fsp3) is 0.471. The van der Waals surface area contributed by atoms with E-state index in [1.807, 2.05) is 18.5 Å². The fourth-order valence-corrected chi connectivity index (χ4v) is 3.15. The highest BCUT2D eigenvalue weighted by atomic mass is 16.3. The second-order valence-electron chi connectivity index (χ2n) is 5.91. The van der Waals surface area contributed by atoms with E-state index in [4.69, 9.17) is 0 Å². The molecule has 3 nitrogen and oxygen atoms in total. The molecule has 1 aromatic carbocycles. The SMILES string of the molecule is OCC1(NCc2ccc3cnccc3c2)CCCCC1. The van der Waals surface area contributed by atoms with Gasteiger partial charge in [-0.25, -0.2) is 0 Å². The van der Waals surface area contributed by atoms with E-state index in [2.05, 4.69) is 28.5 Å². The number of pyridine rings is 1. The summed E-state index contributed by atoms with van der Waals surface area (Å²) in [7, 11) is 0. The molecular formula is C17H22N2O. The third-order valence-corrected chi connectivity index (χ3v) is 4.49. The number of rotatable bonds is 4. The number of fused-ring (bicyclic) bond motifs is 1. The first-order valence-corrected chi connectivity index (χ1v) is 7.50. The second-order valence-corrected chi connectivity index (χ2v) is 5.91. The maximum Gasteiger partial charge on any atom is 0.0613 e. The lowest BCUT2D eigenvalue weighted by atomic mass is 9.82. The summed E-state index contributed by atoms with van der Waals surface area (Å²) in [5, 5.41) is 15.7. The van der Waals surface area contributed by atoms with Crippen molar-refractivity contribution in [1.82, 2.24) is 10.3 Å². The van der Waals surface area contributed by atoms with Gasteiger partial charge in [-0.3, -0.25) is 4.98 Å². The number of nitrogens with one attached hydrogen (secondary N) is 1. The lowest BCUT2D eigenvalue weighted by Crippen LogP contribution is -2.49. The number of benzene rings is 1. The van der Waals surface area contributed by atoms with Gasteiger partial charge in [0.25, 0.3) is 0 Å². The third-order valence-electron chi connectivity index (χ3n) is 4.49. The van der Waals surface area contributed by atoms with Crippen molar-refractivity contribution in [3.8, 4) is 0 Å². The van der Waals surface area contributed by atoms with Crippen molar-refractivity contribution in [1.29, 1.82) is 0 Å². The molecule has 1 heterocycles. The number of nitrogens with zero attached hydrogens (tertiary/aromatic N) is 1. The Labute approximate surface area is 120 Å². The Balaban J connectivity index is 1.72. The van der Waals surface area contributed by atoms with Crippen LogP contribution < -0.4 is 5.32 Å². The molecule has 0 bridgehead atoms. The highest BCUT2D eigenvalue weighted by Crippen LogP contribution is 2.28. The molecular weight excluding hydrogens is 248 g/mol. The summed E-state index contributed by atoms with van der Waals surface area (Å²) in [6.45, 7) is 1.06. The molecule has 0 spiro atoms. The number of aliphatic hydroxyl groups is 1. The number of hydrogen-bond donors (Lipinski definition) is 2. The smallest absolute Gasteiger partial charge is 0.0613 e. The molecule has 2 N–H and O–H groups in total. The van der Waals surface area contributed by atoms with Crippen molar-refractivity contribution in [3.63, 3.8) is 0 Å². The van der Waals surface area contributed by atoms with Crippen LogP contribution in [0.1, 0.15) is 37.7 Å². The summed E-state index contributed by atoms with van der Waals surface area (Å²) in [5.41, 5.74) is 1.20. The molecule has 3 heteroatoms. The largest absolute Gasteiger partial charge is 0.394 e. The van der Waals surface area contributed by atoms with Crippen LogP contribution in [0.5, 0.6) is 0 Å². The molecule has 1 fully saturated rings. The van der Waals surface area contributed by atoms with Gasteiger partial charge < -0.3 is 10.4 Å². The lowest BCUT2D eigenvalue weighted by molar-refractivity contribution is 0.119. The van der Waals surface area contributed by atoms with E-state index in [0.29, 0.717) is 0 Å². The van der Waals surface area contributed by atoms with Crippen molar-refractivity contribution in [2.75, 3.05) is 6.61 Å². The molecule has 1 aliphatic carbocycles. The maximum atomic E-state index is 9.72. The van der Waals surface area contributed by atoms with Gasteiger partial charge >= 0.3 is 0 Å². The van der Waals surface area contributed by atoms with Gasteiger partial charge in [0.1, 0.15) is 0 Å². The van der Waals surface area contributed by atoms with Crippen molar-refractivity contribution < 1.29 is 5.11 Å². The zero-order chi connectivity index (χ0) is 13.8. The first-order chi connectivity index (χ1) is 9.81. The van der Waals surface area contributed by atoms with Gasteiger partial charge in [0.2, 0.25) is 0 Å². The van der Waals surface area contributed by atoms with E-state index < -0.39 is 0 Å². The minimum Gasteiger partial charge on any atom is -0.394 e. The van der Waals surface area contributed by atoms with Crippen LogP contribution >= 0.6 is 0 Å². The van der Waals surface area contributed by atoms with Crippen LogP contribution in [-0.2, 0) is 6.54 Å². The van der Waals surface area contributed by atoms with Crippen LogP contribution in [-0.4, -0.2) is 22.2 Å². The summed E-state index contributed by atoms with van der Waals surface area (Å²) >= 11 is 0. The molecule has 1 aliphatic rings. The number of aromatic nitrogens is 1. The standard InChI is InChI=1S/C17H22N2O/c20-13-17(7-2-1-3-8-17)19-11-14-4-5-16-12-18-9-6-15(16)10-14/h4-6,9-10,12,19-20H,1-3,7-8,11,13H2. The Morgan fingerprint density at radius 3 is 2.75 bits per heavy atom. The zero-order valence-corrected chi connectivity index (χ0v) is 11.8. The molecule has 20 heavy (non-hydrogen) atoms. The van der Waals surface area contributed by atoms with E-state index in [0.717, 1.165) is 19.4 Å². The first-order valence-electron chi connectivity index (χ1n) is 7.50. The van der Waals surface area contributed by atoms with Gasteiger partial charge in [-0.1, -0.05) is 31.4 Å². The quantitative estimate of drug-likeness (QED) is 0.897. The Kier molecular flexibility index (Phi) is 3.99. The zero-order valence-electron chi connectivity index (χ0n) is 11.8. The second kappa shape index (κ2) is 5.90. The van der Waals surface area contributed by atoms with Gasteiger partial charge in [-0.05, 0) is 35.9 Å². The average molecular weight is 270 g/mol. The van der Waals surface area contributed by atoms with E-state index in [1.165, 1.54) is 35.6 Å². The molecule has 0 radical (unpaired) electrons. The summed E-state index contributed by atoms with van der Waals surface area (Å²) in [6.07, 6.45) is 9.63. The Morgan fingerprint density at radius 1 is 1.10 bits per heavy atom. The van der Waals surface area contributed by atoms with Crippen LogP contribution in [0.2, 0.25) is 0 Å². The van der Waals surface area contributed by atoms with Crippen molar-refractivity contribution in [2.24, 2.45) is 0 Å². The Hall–Kier alpha value is -1.45. The third kappa shape index (κ3) is 2.84. The molecule has 0 atom stereocenters. The first kappa shape index (κ1) is 13.5. The van der Waals surface area contributed by atoms with Gasteiger partial charge in [-0.2, -0.15) is 0 Å². The number of aliphatic hydroxyl groups excluding tert-OH is 1. The van der Waals surface area contributed by atoms with E-state index in [-0.39, 0.29) is 12.1 Å². The predicted octanol–water partition coefficient (Wildman–Crippen LogP) is 3.02. The molecule has 106 valence electrons. The normalized spacial score (nSPS) is 18.2. The van der Waals surface area contributed by atoms with Gasteiger partial charge in [0, 0.05) is 29.9 Å². The highest BCUT2D eigenvalue weighted by Gasteiger charge is 2.30. The molecule has 0 amide bonds. The van der Waals surface area contributed by atoms with Gasteiger partial charge in [0.15, 0.2) is 0 Å². The minimum atomic E-state index is -0.0640. The molecule has 0 saturated heterocycles. The molecule has 3 rings (SSSR count). The average Bonchev–Trinajstić information content (AvgIpc) is 2.54. The topological polar surface area (TPSA) is 45.1 Å². The Bertz CT molecular complexity index is 576. The van der Waals surface area contributed by atoms with Crippen molar-refractivity contribution in [3.05, 3.63) is 42.2 Å². The molecule has 0 aliphatic heterocycles. The fourth-order valence-electron chi connectivity index (χ4n) is 3.15. The van der Waals surface area contributed by atoms with E-state index >= 15 is 0 Å².